The Morgan fingerprint density at radius 1 is 1.21 bits per heavy atom. The van der Waals surface area contributed by atoms with Crippen LogP contribution in [-0.2, 0) is 16.6 Å². The Labute approximate surface area is 164 Å². The molecule has 4 rings (SSSR count). The van der Waals surface area contributed by atoms with E-state index in [2.05, 4.69) is 20.7 Å². The van der Waals surface area contributed by atoms with E-state index < -0.39 is 5.92 Å². The van der Waals surface area contributed by atoms with E-state index >= 15 is 0 Å². The summed E-state index contributed by atoms with van der Waals surface area (Å²) in [6.07, 6.45) is 2.21. The molecule has 2 N–H and O–H groups in total. The van der Waals surface area contributed by atoms with Gasteiger partial charge in [0, 0.05) is 31.6 Å². The van der Waals surface area contributed by atoms with Crippen LogP contribution in [0.5, 0.6) is 0 Å². The Morgan fingerprint density at radius 2 is 1.93 bits per heavy atom. The van der Waals surface area contributed by atoms with Gasteiger partial charge in [0.15, 0.2) is 5.82 Å². The third kappa shape index (κ3) is 3.77. The lowest BCUT2D eigenvalue weighted by Crippen LogP contribution is -2.28. The summed E-state index contributed by atoms with van der Waals surface area (Å²) in [6.45, 7) is 4.31. The molecule has 2 saturated heterocycles. The van der Waals surface area contributed by atoms with Crippen LogP contribution in [0.3, 0.4) is 0 Å². The molecule has 1 atom stereocenters. The molecule has 2 aliphatic heterocycles. The highest BCUT2D eigenvalue weighted by Crippen LogP contribution is 2.27. The largest absolute Gasteiger partial charge is 0.317 e. The summed E-state index contributed by atoms with van der Waals surface area (Å²) in [5.41, 5.74) is 1.97. The number of carbonyl (C=O) groups excluding carboxylic acids is 2. The highest BCUT2D eigenvalue weighted by molar-refractivity contribution is 6.03. The predicted octanol–water partition coefficient (Wildman–Crippen LogP) is 1.58. The van der Waals surface area contributed by atoms with E-state index in [0.717, 1.165) is 43.0 Å². The van der Waals surface area contributed by atoms with Crippen LogP contribution in [0.4, 0.5) is 11.6 Å². The third-order valence-corrected chi connectivity index (χ3v) is 5.56. The molecule has 1 aromatic heterocycles. The second-order valence-corrected chi connectivity index (χ2v) is 7.67. The Bertz CT molecular complexity index is 869. The molecule has 0 bridgehead atoms. The van der Waals surface area contributed by atoms with Gasteiger partial charge in [0.05, 0.1) is 5.92 Å². The van der Waals surface area contributed by atoms with Crippen molar-refractivity contribution in [2.75, 3.05) is 29.9 Å². The topological polar surface area (TPSA) is 92.2 Å². The average molecular weight is 382 g/mol. The average Bonchev–Trinajstić information content (AvgIpc) is 3.26. The number of hydrogen-bond acceptors (Lipinski definition) is 5. The molecule has 3 heterocycles. The summed E-state index contributed by atoms with van der Waals surface area (Å²) in [7, 11) is 1.78. The SMILES string of the molecule is Cc1ccc(N2CC(C(=O)Nc3nc(C4CCNCC4)nn3C)CC2=O)cc1. The number of aryl methyl sites for hydroxylation is 2. The first-order chi connectivity index (χ1) is 13.5. The number of nitrogens with zero attached hydrogens (tertiary/aromatic N) is 4. The van der Waals surface area contributed by atoms with Crippen LogP contribution < -0.4 is 15.5 Å². The van der Waals surface area contributed by atoms with Crippen molar-refractivity contribution in [2.45, 2.75) is 32.1 Å². The van der Waals surface area contributed by atoms with Gasteiger partial charge in [-0.05, 0) is 45.0 Å². The number of anilines is 2. The van der Waals surface area contributed by atoms with Crippen LogP contribution in [-0.4, -0.2) is 46.2 Å². The van der Waals surface area contributed by atoms with Crippen molar-refractivity contribution in [1.82, 2.24) is 20.1 Å². The van der Waals surface area contributed by atoms with Crippen LogP contribution in [0.25, 0.3) is 0 Å². The lowest BCUT2D eigenvalue weighted by Gasteiger charge is -2.19. The summed E-state index contributed by atoms with van der Waals surface area (Å²) in [5, 5.41) is 10.7. The standard InChI is InChI=1S/C20H26N6O2/c1-13-3-5-16(6-4-13)26-12-15(11-17(26)27)19(28)23-20-22-18(24-25(20)2)14-7-9-21-10-8-14/h3-6,14-15,21H,7-12H2,1-2H3,(H,22,23,24,28). The normalized spacial score (nSPS) is 20.6. The van der Waals surface area contributed by atoms with Gasteiger partial charge in [0.1, 0.15) is 0 Å². The predicted molar refractivity (Wildman–Crippen MR) is 106 cm³/mol. The van der Waals surface area contributed by atoms with E-state index in [-0.39, 0.29) is 18.2 Å². The minimum Gasteiger partial charge on any atom is -0.317 e. The fourth-order valence-corrected chi connectivity index (χ4v) is 3.84. The second kappa shape index (κ2) is 7.71. The summed E-state index contributed by atoms with van der Waals surface area (Å²) in [4.78, 5) is 31.4. The molecule has 2 aromatic rings. The highest BCUT2D eigenvalue weighted by atomic mass is 16.2. The molecular weight excluding hydrogens is 356 g/mol. The van der Waals surface area contributed by atoms with E-state index in [4.69, 9.17) is 0 Å². The molecule has 0 aliphatic carbocycles. The smallest absolute Gasteiger partial charge is 0.232 e. The maximum Gasteiger partial charge on any atom is 0.232 e. The van der Waals surface area contributed by atoms with Crippen molar-refractivity contribution < 1.29 is 9.59 Å². The first-order valence-corrected chi connectivity index (χ1v) is 9.81. The zero-order valence-electron chi connectivity index (χ0n) is 16.3. The number of nitrogens with one attached hydrogen (secondary N) is 2. The van der Waals surface area contributed by atoms with Gasteiger partial charge in [-0.2, -0.15) is 10.1 Å². The zero-order valence-corrected chi connectivity index (χ0v) is 16.3. The molecule has 0 spiro atoms. The summed E-state index contributed by atoms with van der Waals surface area (Å²) in [6, 6.07) is 7.78. The number of rotatable bonds is 4. The maximum absolute atomic E-state index is 12.7. The third-order valence-electron chi connectivity index (χ3n) is 5.56. The molecule has 0 radical (unpaired) electrons. The number of amides is 2. The van der Waals surface area contributed by atoms with Gasteiger partial charge in [-0.1, -0.05) is 17.7 Å². The van der Waals surface area contributed by atoms with Gasteiger partial charge in [0.25, 0.3) is 0 Å². The molecule has 2 amide bonds. The fourth-order valence-electron chi connectivity index (χ4n) is 3.84. The molecule has 28 heavy (non-hydrogen) atoms. The second-order valence-electron chi connectivity index (χ2n) is 7.67. The van der Waals surface area contributed by atoms with Crippen molar-refractivity contribution in [3.05, 3.63) is 35.7 Å². The number of aromatic nitrogens is 3. The van der Waals surface area contributed by atoms with Crippen molar-refractivity contribution >= 4 is 23.5 Å². The maximum atomic E-state index is 12.7. The Balaban J connectivity index is 1.42. The van der Waals surface area contributed by atoms with Crippen molar-refractivity contribution in [3.8, 4) is 0 Å². The minimum atomic E-state index is -0.396. The van der Waals surface area contributed by atoms with Gasteiger partial charge in [-0.25, -0.2) is 4.68 Å². The van der Waals surface area contributed by atoms with E-state index in [1.54, 1.807) is 16.6 Å². The Morgan fingerprint density at radius 3 is 2.64 bits per heavy atom. The molecule has 2 fully saturated rings. The minimum absolute atomic E-state index is 0.0302. The molecule has 1 unspecified atom stereocenters. The summed E-state index contributed by atoms with van der Waals surface area (Å²) >= 11 is 0. The first kappa shape index (κ1) is 18.6. The Kier molecular flexibility index (Phi) is 5.13. The van der Waals surface area contributed by atoms with Gasteiger partial charge in [-0.15, -0.1) is 0 Å². The molecule has 2 aliphatic rings. The van der Waals surface area contributed by atoms with Crippen molar-refractivity contribution in [3.63, 3.8) is 0 Å². The van der Waals surface area contributed by atoms with Crippen LogP contribution in [0.1, 0.15) is 36.6 Å². The number of carbonyl (C=O) groups is 2. The van der Waals surface area contributed by atoms with Crippen LogP contribution in [0.15, 0.2) is 24.3 Å². The highest BCUT2D eigenvalue weighted by Gasteiger charge is 2.35. The summed E-state index contributed by atoms with van der Waals surface area (Å²) in [5.74, 6) is 0.937. The Hall–Kier alpha value is -2.74. The number of piperidine rings is 1. The molecule has 8 heteroatoms. The quantitative estimate of drug-likeness (QED) is 0.838. The molecular formula is C20H26N6O2. The van der Waals surface area contributed by atoms with Crippen molar-refractivity contribution in [1.29, 1.82) is 0 Å². The van der Waals surface area contributed by atoms with Crippen LogP contribution >= 0.6 is 0 Å². The van der Waals surface area contributed by atoms with Crippen LogP contribution in [0.2, 0.25) is 0 Å². The molecule has 1 aromatic carbocycles. The number of benzene rings is 1. The summed E-state index contributed by atoms with van der Waals surface area (Å²) < 4.78 is 1.61. The van der Waals surface area contributed by atoms with Gasteiger partial charge in [-0.3, -0.25) is 14.9 Å². The zero-order chi connectivity index (χ0) is 19.7. The molecule has 148 valence electrons. The van der Waals surface area contributed by atoms with Gasteiger partial charge >= 0.3 is 0 Å². The number of hydrogen-bond donors (Lipinski definition) is 2. The van der Waals surface area contributed by atoms with E-state index in [0.29, 0.717) is 18.4 Å². The van der Waals surface area contributed by atoms with Crippen molar-refractivity contribution in [2.24, 2.45) is 13.0 Å². The molecule has 8 nitrogen and oxygen atoms in total. The van der Waals surface area contributed by atoms with E-state index in [1.807, 2.05) is 31.2 Å². The van der Waals surface area contributed by atoms with E-state index in [1.165, 1.54) is 0 Å². The van der Waals surface area contributed by atoms with Gasteiger partial charge in [0.2, 0.25) is 17.8 Å². The monoisotopic (exact) mass is 382 g/mol. The molecule has 0 saturated carbocycles. The van der Waals surface area contributed by atoms with E-state index in [9.17, 15) is 9.59 Å². The van der Waals surface area contributed by atoms with Gasteiger partial charge < -0.3 is 10.2 Å². The van der Waals surface area contributed by atoms with Crippen LogP contribution in [0, 0.1) is 12.8 Å². The lowest BCUT2D eigenvalue weighted by molar-refractivity contribution is -0.122. The first-order valence-electron chi connectivity index (χ1n) is 9.81. The lowest BCUT2D eigenvalue weighted by atomic mass is 9.98. The fraction of sp³-hybridized carbons (Fsp3) is 0.500.